The molecule has 0 spiro atoms. The molecule has 1 heterocycles. The number of aromatic nitrogens is 2. The van der Waals surface area contributed by atoms with Gasteiger partial charge >= 0.3 is 0 Å². The van der Waals surface area contributed by atoms with Gasteiger partial charge in [-0.3, -0.25) is 0 Å². The van der Waals surface area contributed by atoms with Gasteiger partial charge in [-0.2, -0.15) is 5.10 Å². The van der Waals surface area contributed by atoms with Crippen LogP contribution in [0.4, 0.5) is 5.95 Å². The lowest BCUT2D eigenvalue weighted by molar-refractivity contribution is 1.16. The van der Waals surface area contributed by atoms with Crippen molar-refractivity contribution in [2.45, 2.75) is 0 Å². The van der Waals surface area contributed by atoms with Crippen LogP contribution in [0.3, 0.4) is 0 Å². The maximum atomic E-state index is 6.18. The van der Waals surface area contributed by atoms with Crippen LogP contribution < -0.4 is 5.43 Å². The van der Waals surface area contributed by atoms with Crippen LogP contribution >= 0.6 is 34.8 Å². The molecular weight excluding hydrogens is 415 g/mol. The van der Waals surface area contributed by atoms with Gasteiger partial charge in [-0.25, -0.2) is 15.4 Å². The molecule has 7 heteroatoms. The maximum Gasteiger partial charge on any atom is 0.244 e. The van der Waals surface area contributed by atoms with Crippen molar-refractivity contribution in [3.05, 3.63) is 87.4 Å². The monoisotopic (exact) mass is 426 g/mol. The van der Waals surface area contributed by atoms with Crippen LogP contribution in [0.2, 0.25) is 15.1 Å². The predicted molar refractivity (Wildman–Crippen MR) is 118 cm³/mol. The SMILES string of the molecule is Clc1ccc(Cl)c(C=NNc2nc(-c3ccccc3)c3cc(Cl)ccc3n2)c1. The van der Waals surface area contributed by atoms with Gasteiger partial charge in [0.25, 0.3) is 0 Å². The summed E-state index contributed by atoms with van der Waals surface area (Å²) in [6, 6.07) is 20.5. The molecule has 138 valence electrons. The molecule has 0 fully saturated rings. The van der Waals surface area contributed by atoms with E-state index in [1.807, 2.05) is 42.5 Å². The van der Waals surface area contributed by atoms with E-state index in [2.05, 4.69) is 20.5 Å². The lowest BCUT2D eigenvalue weighted by Gasteiger charge is -2.09. The van der Waals surface area contributed by atoms with Gasteiger partial charge in [-0.15, -0.1) is 0 Å². The second-order valence-electron chi connectivity index (χ2n) is 5.96. The van der Waals surface area contributed by atoms with E-state index in [1.165, 1.54) is 0 Å². The van der Waals surface area contributed by atoms with Crippen molar-refractivity contribution in [1.82, 2.24) is 9.97 Å². The fraction of sp³-hybridized carbons (Fsp3) is 0. The largest absolute Gasteiger partial charge is 0.245 e. The van der Waals surface area contributed by atoms with Gasteiger partial charge in [-0.05, 0) is 36.4 Å². The summed E-state index contributed by atoms with van der Waals surface area (Å²) in [5.74, 6) is 0.364. The molecule has 0 unspecified atom stereocenters. The summed E-state index contributed by atoms with van der Waals surface area (Å²) in [6.07, 6.45) is 1.58. The Balaban J connectivity index is 1.73. The zero-order chi connectivity index (χ0) is 19.5. The molecule has 0 amide bonds. The number of rotatable bonds is 4. The van der Waals surface area contributed by atoms with Gasteiger partial charge in [0, 0.05) is 31.6 Å². The molecule has 0 aliphatic carbocycles. The molecule has 4 nitrogen and oxygen atoms in total. The number of anilines is 1. The highest BCUT2D eigenvalue weighted by Crippen LogP contribution is 2.29. The van der Waals surface area contributed by atoms with E-state index in [0.717, 1.165) is 22.2 Å². The van der Waals surface area contributed by atoms with E-state index in [1.54, 1.807) is 30.5 Å². The van der Waals surface area contributed by atoms with Crippen molar-refractivity contribution >= 4 is 57.9 Å². The molecular formula is C21H13Cl3N4. The minimum absolute atomic E-state index is 0.364. The molecule has 28 heavy (non-hydrogen) atoms. The molecule has 4 aromatic rings. The Morgan fingerprint density at radius 3 is 2.39 bits per heavy atom. The first-order valence-corrected chi connectivity index (χ1v) is 9.50. The van der Waals surface area contributed by atoms with Crippen LogP contribution in [0, 0.1) is 0 Å². The van der Waals surface area contributed by atoms with Gasteiger partial charge in [0.1, 0.15) is 0 Å². The Morgan fingerprint density at radius 1 is 0.821 bits per heavy atom. The standard InChI is InChI=1S/C21H13Cl3N4/c22-15-6-8-18(24)14(10-15)12-25-28-21-26-19-9-7-16(23)11-17(19)20(27-21)13-4-2-1-3-5-13/h1-12H,(H,26,27,28). The second-order valence-corrected chi connectivity index (χ2v) is 7.24. The number of hydrogen-bond donors (Lipinski definition) is 1. The molecule has 0 aliphatic heterocycles. The third-order valence-electron chi connectivity index (χ3n) is 4.03. The molecule has 3 aromatic carbocycles. The molecule has 0 radical (unpaired) electrons. The molecule has 0 saturated carbocycles. The number of benzene rings is 3. The minimum atomic E-state index is 0.364. The summed E-state index contributed by atoms with van der Waals surface area (Å²) in [4.78, 5) is 9.15. The van der Waals surface area contributed by atoms with Gasteiger partial charge < -0.3 is 0 Å². The molecule has 1 aromatic heterocycles. The van der Waals surface area contributed by atoms with Crippen molar-refractivity contribution in [3.8, 4) is 11.3 Å². The molecule has 4 rings (SSSR count). The van der Waals surface area contributed by atoms with Crippen LogP contribution in [0.25, 0.3) is 22.2 Å². The first kappa shape index (κ1) is 18.7. The van der Waals surface area contributed by atoms with E-state index in [4.69, 9.17) is 34.8 Å². The van der Waals surface area contributed by atoms with Crippen molar-refractivity contribution < 1.29 is 0 Å². The lowest BCUT2D eigenvalue weighted by atomic mass is 10.1. The Hall–Kier alpha value is -2.66. The third-order valence-corrected chi connectivity index (χ3v) is 4.85. The van der Waals surface area contributed by atoms with Crippen LogP contribution in [-0.4, -0.2) is 16.2 Å². The number of halogens is 3. The van der Waals surface area contributed by atoms with Crippen molar-refractivity contribution in [1.29, 1.82) is 0 Å². The number of nitrogens with zero attached hydrogens (tertiary/aromatic N) is 3. The summed E-state index contributed by atoms with van der Waals surface area (Å²) >= 11 is 18.3. The Labute approximate surface area is 176 Å². The predicted octanol–water partition coefficient (Wildman–Crippen LogP) is 6.70. The molecule has 1 N–H and O–H groups in total. The van der Waals surface area contributed by atoms with Gasteiger partial charge in [-0.1, -0.05) is 65.1 Å². The first-order chi connectivity index (χ1) is 13.6. The van der Waals surface area contributed by atoms with E-state index in [-0.39, 0.29) is 0 Å². The van der Waals surface area contributed by atoms with Crippen LogP contribution in [0.15, 0.2) is 71.8 Å². The maximum absolute atomic E-state index is 6.18. The zero-order valence-electron chi connectivity index (χ0n) is 14.4. The van der Waals surface area contributed by atoms with Crippen molar-refractivity contribution in [2.24, 2.45) is 5.10 Å². The van der Waals surface area contributed by atoms with E-state index in [0.29, 0.717) is 26.6 Å². The Kier molecular flexibility index (Phi) is 5.44. The van der Waals surface area contributed by atoms with Gasteiger partial charge in [0.2, 0.25) is 5.95 Å². The average molecular weight is 428 g/mol. The van der Waals surface area contributed by atoms with E-state index in [9.17, 15) is 0 Å². The fourth-order valence-electron chi connectivity index (χ4n) is 2.74. The summed E-state index contributed by atoms with van der Waals surface area (Å²) in [5, 5.41) is 6.83. The summed E-state index contributed by atoms with van der Waals surface area (Å²) < 4.78 is 0. The van der Waals surface area contributed by atoms with Crippen LogP contribution in [0.5, 0.6) is 0 Å². The summed E-state index contributed by atoms with van der Waals surface area (Å²) in [7, 11) is 0. The smallest absolute Gasteiger partial charge is 0.244 e. The van der Waals surface area contributed by atoms with Crippen LogP contribution in [-0.2, 0) is 0 Å². The molecule has 0 aliphatic rings. The van der Waals surface area contributed by atoms with Crippen molar-refractivity contribution in [2.75, 3.05) is 5.43 Å². The van der Waals surface area contributed by atoms with Gasteiger partial charge in [0.05, 0.1) is 17.4 Å². The Bertz CT molecular complexity index is 1180. The fourth-order valence-corrected chi connectivity index (χ4v) is 3.26. The normalized spacial score (nSPS) is 11.2. The lowest BCUT2D eigenvalue weighted by Crippen LogP contribution is -2.00. The second kappa shape index (κ2) is 8.15. The van der Waals surface area contributed by atoms with Gasteiger partial charge in [0.15, 0.2) is 0 Å². The number of nitrogens with one attached hydrogen (secondary N) is 1. The highest BCUT2D eigenvalue weighted by Gasteiger charge is 2.10. The highest BCUT2D eigenvalue weighted by atomic mass is 35.5. The Morgan fingerprint density at radius 2 is 1.57 bits per heavy atom. The third kappa shape index (κ3) is 4.09. The highest BCUT2D eigenvalue weighted by molar-refractivity contribution is 6.35. The number of hydrogen-bond acceptors (Lipinski definition) is 4. The summed E-state index contributed by atoms with van der Waals surface area (Å²) in [6.45, 7) is 0. The molecule has 0 atom stereocenters. The first-order valence-electron chi connectivity index (χ1n) is 8.37. The zero-order valence-corrected chi connectivity index (χ0v) is 16.7. The molecule has 0 bridgehead atoms. The quantitative estimate of drug-likeness (QED) is 0.291. The van der Waals surface area contributed by atoms with E-state index < -0.39 is 0 Å². The van der Waals surface area contributed by atoms with Crippen molar-refractivity contribution in [3.63, 3.8) is 0 Å². The topological polar surface area (TPSA) is 50.2 Å². The molecule has 0 saturated heterocycles. The van der Waals surface area contributed by atoms with E-state index >= 15 is 0 Å². The average Bonchev–Trinajstić information content (AvgIpc) is 2.71. The minimum Gasteiger partial charge on any atom is -0.245 e. The van der Waals surface area contributed by atoms with Crippen LogP contribution in [0.1, 0.15) is 5.56 Å². The number of fused-ring (bicyclic) bond motifs is 1. The number of hydrazone groups is 1. The summed E-state index contributed by atoms with van der Waals surface area (Å²) in [5.41, 5.74) is 6.05.